The second-order valence-corrected chi connectivity index (χ2v) is 6.23. The third kappa shape index (κ3) is 3.76. The van der Waals surface area contributed by atoms with Crippen LogP contribution in [0.5, 0.6) is 5.75 Å². The number of imidazole rings is 1. The van der Waals surface area contributed by atoms with E-state index in [1.54, 1.807) is 19.5 Å². The van der Waals surface area contributed by atoms with Gasteiger partial charge in [0.15, 0.2) is 0 Å². The summed E-state index contributed by atoms with van der Waals surface area (Å²) >= 11 is 0. The molecule has 1 fully saturated rings. The fourth-order valence-corrected chi connectivity index (χ4v) is 3.02. The predicted octanol–water partition coefficient (Wildman–Crippen LogP) is 1.92. The third-order valence-electron chi connectivity index (χ3n) is 4.38. The number of carbonyl (C=O) groups excluding carboxylic acids is 1. The van der Waals surface area contributed by atoms with Crippen molar-refractivity contribution in [3.8, 4) is 11.4 Å². The van der Waals surface area contributed by atoms with Crippen LogP contribution in [0.15, 0.2) is 30.7 Å². The molecule has 0 spiro atoms. The molecule has 1 aliphatic heterocycles. The SMILES string of the molecule is COc1cc(C(=O)NCC2CCCNC2)ccc1-n1cnc(C)c1. The number of methoxy groups -OCH3 is 1. The van der Waals surface area contributed by atoms with E-state index < -0.39 is 0 Å². The number of nitrogens with zero attached hydrogens (tertiary/aromatic N) is 2. The highest BCUT2D eigenvalue weighted by molar-refractivity contribution is 5.95. The molecule has 0 radical (unpaired) electrons. The Hall–Kier alpha value is -2.34. The molecule has 128 valence electrons. The van der Waals surface area contributed by atoms with E-state index in [0.29, 0.717) is 23.8 Å². The van der Waals surface area contributed by atoms with E-state index >= 15 is 0 Å². The van der Waals surface area contributed by atoms with Gasteiger partial charge >= 0.3 is 0 Å². The summed E-state index contributed by atoms with van der Waals surface area (Å²) in [5.74, 6) is 1.10. The standard InChI is InChI=1S/C18H24N4O2/c1-13-11-22(12-21-13)16-6-5-15(8-17(16)24-2)18(23)20-10-14-4-3-7-19-9-14/h5-6,8,11-12,14,19H,3-4,7,9-10H2,1-2H3,(H,20,23). The van der Waals surface area contributed by atoms with Crippen molar-refractivity contribution in [1.82, 2.24) is 20.2 Å². The number of rotatable bonds is 5. The Bertz CT molecular complexity index is 705. The highest BCUT2D eigenvalue weighted by Gasteiger charge is 2.16. The summed E-state index contributed by atoms with van der Waals surface area (Å²) in [6.07, 6.45) is 6.00. The van der Waals surface area contributed by atoms with Crippen molar-refractivity contribution in [3.63, 3.8) is 0 Å². The summed E-state index contributed by atoms with van der Waals surface area (Å²) in [4.78, 5) is 16.6. The number of hydrogen-bond acceptors (Lipinski definition) is 4. The van der Waals surface area contributed by atoms with Crippen molar-refractivity contribution < 1.29 is 9.53 Å². The first-order valence-corrected chi connectivity index (χ1v) is 8.35. The zero-order valence-electron chi connectivity index (χ0n) is 14.2. The van der Waals surface area contributed by atoms with Crippen LogP contribution in [0.25, 0.3) is 5.69 Å². The van der Waals surface area contributed by atoms with Crippen LogP contribution in [-0.4, -0.2) is 42.2 Å². The molecule has 1 aliphatic rings. The van der Waals surface area contributed by atoms with Crippen LogP contribution in [0.1, 0.15) is 28.9 Å². The Morgan fingerprint density at radius 3 is 3.04 bits per heavy atom. The molecular formula is C18H24N4O2. The molecule has 1 aromatic heterocycles. The van der Waals surface area contributed by atoms with Gasteiger partial charge in [-0.1, -0.05) is 0 Å². The maximum atomic E-state index is 12.4. The third-order valence-corrected chi connectivity index (χ3v) is 4.38. The molecule has 24 heavy (non-hydrogen) atoms. The number of amides is 1. The topological polar surface area (TPSA) is 68.2 Å². The lowest BCUT2D eigenvalue weighted by atomic mass is 9.99. The highest BCUT2D eigenvalue weighted by Crippen LogP contribution is 2.24. The summed E-state index contributed by atoms with van der Waals surface area (Å²) in [5, 5.41) is 6.39. The number of aryl methyl sites for hydroxylation is 1. The Morgan fingerprint density at radius 2 is 2.38 bits per heavy atom. The summed E-state index contributed by atoms with van der Waals surface area (Å²) < 4.78 is 7.35. The normalized spacial score (nSPS) is 17.5. The van der Waals surface area contributed by atoms with E-state index in [4.69, 9.17) is 4.74 Å². The number of hydrogen-bond donors (Lipinski definition) is 2. The number of benzene rings is 1. The van der Waals surface area contributed by atoms with E-state index in [2.05, 4.69) is 15.6 Å². The van der Waals surface area contributed by atoms with Gasteiger partial charge < -0.3 is 19.9 Å². The van der Waals surface area contributed by atoms with E-state index in [1.807, 2.05) is 29.8 Å². The number of nitrogens with one attached hydrogen (secondary N) is 2. The van der Waals surface area contributed by atoms with Crippen LogP contribution in [-0.2, 0) is 0 Å². The van der Waals surface area contributed by atoms with Crippen molar-refractivity contribution >= 4 is 5.91 Å². The minimum absolute atomic E-state index is 0.0627. The molecule has 3 rings (SSSR count). The number of ether oxygens (including phenoxy) is 1. The summed E-state index contributed by atoms with van der Waals surface area (Å²) in [6.45, 7) is 4.70. The van der Waals surface area contributed by atoms with Gasteiger partial charge in [-0.05, 0) is 57.0 Å². The van der Waals surface area contributed by atoms with Gasteiger partial charge in [-0.15, -0.1) is 0 Å². The Morgan fingerprint density at radius 1 is 1.50 bits per heavy atom. The molecule has 6 nitrogen and oxygen atoms in total. The van der Waals surface area contributed by atoms with Gasteiger partial charge in [-0.25, -0.2) is 4.98 Å². The van der Waals surface area contributed by atoms with E-state index in [1.165, 1.54) is 6.42 Å². The van der Waals surface area contributed by atoms with Crippen molar-refractivity contribution in [2.45, 2.75) is 19.8 Å². The number of piperidine rings is 1. The maximum Gasteiger partial charge on any atom is 0.251 e. The molecule has 2 N–H and O–H groups in total. The molecule has 1 saturated heterocycles. The zero-order valence-corrected chi connectivity index (χ0v) is 14.2. The molecular weight excluding hydrogens is 304 g/mol. The van der Waals surface area contributed by atoms with Gasteiger partial charge in [-0.2, -0.15) is 0 Å². The van der Waals surface area contributed by atoms with Gasteiger partial charge in [0.1, 0.15) is 5.75 Å². The van der Waals surface area contributed by atoms with Gasteiger partial charge in [0.25, 0.3) is 5.91 Å². The van der Waals surface area contributed by atoms with Crippen molar-refractivity contribution in [3.05, 3.63) is 42.0 Å². The maximum absolute atomic E-state index is 12.4. The number of aromatic nitrogens is 2. The van der Waals surface area contributed by atoms with Gasteiger partial charge in [0.2, 0.25) is 0 Å². The van der Waals surface area contributed by atoms with Crippen molar-refractivity contribution in [2.75, 3.05) is 26.7 Å². The minimum atomic E-state index is -0.0627. The average Bonchev–Trinajstić information content (AvgIpc) is 3.06. The lowest BCUT2D eigenvalue weighted by Crippen LogP contribution is -2.38. The van der Waals surface area contributed by atoms with Gasteiger partial charge in [-0.3, -0.25) is 4.79 Å². The molecule has 0 aliphatic carbocycles. The first kappa shape index (κ1) is 16.5. The molecule has 0 bridgehead atoms. The average molecular weight is 328 g/mol. The van der Waals surface area contributed by atoms with Crippen LogP contribution in [0.3, 0.4) is 0 Å². The smallest absolute Gasteiger partial charge is 0.251 e. The van der Waals surface area contributed by atoms with Crippen LogP contribution in [0, 0.1) is 12.8 Å². The largest absolute Gasteiger partial charge is 0.495 e. The molecule has 1 amide bonds. The summed E-state index contributed by atoms with van der Waals surface area (Å²) in [6, 6.07) is 5.48. The van der Waals surface area contributed by atoms with Crippen LogP contribution in [0.2, 0.25) is 0 Å². The fraction of sp³-hybridized carbons (Fsp3) is 0.444. The Balaban J connectivity index is 1.70. The first-order valence-electron chi connectivity index (χ1n) is 8.35. The van der Waals surface area contributed by atoms with E-state index in [9.17, 15) is 4.79 Å². The van der Waals surface area contributed by atoms with Crippen molar-refractivity contribution in [2.24, 2.45) is 5.92 Å². The fourth-order valence-electron chi connectivity index (χ4n) is 3.02. The monoisotopic (exact) mass is 328 g/mol. The molecule has 2 aromatic rings. The molecule has 2 heterocycles. The van der Waals surface area contributed by atoms with E-state index in [0.717, 1.165) is 30.9 Å². The van der Waals surface area contributed by atoms with Gasteiger partial charge in [0.05, 0.1) is 24.8 Å². The predicted molar refractivity (Wildman–Crippen MR) is 92.8 cm³/mol. The minimum Gasteiger partial charge on any atom is -0.495 e. The molecule has 0 saturated carbocycles. The van der Waals surface area contributed by atoms with Gasteiger partial charge in [0, 0.05) is 18.3 Å². The van der Waals surface area contributed by atoms with E-state index in [-0.39, 0.29) is 5.91 Å². The second kappa shape index (κ2) is 7.49. The summed E-state index contributed by atoms with van der Waals surface area (Å²) in [5.41, 5.74) is 2.40. The quantitative estimate of drug-likeness (QED) is 0.880. The Labute approximate surface area is 142 Å². The van der Waals surface area contributed by atoms with Crippen LogP contribution in [0.4, 0.5) is 0 Å². The molecule has 1 unspecified atom stereocenters. The van der Waals surface area contributed by atoms with Crippen LogP contribution < -0.4 is 15.4 Å². The highest BCUT2D eigenvalue weighted by atomic mass is 16.5. The first-order chi connectivity index (χ1) is 11.7. The molecule has 6 heteroatoms. The van der Waals surface area contributed by atoms with Crippen LogP contribution >= 0.6 is 0 Å². The summed E-state index contributed by atoms with van der Waals surface area (Å²) in [7, 11) is 1.61. The molecule has 1 aromatic carbocycles. The molecule has 1 atom stereocenters. The zero-order chi connectivity index (χ0) is 16.9. The lowest BCUT2D eigenvalue weighted by molar-refractivity contribution is 0.0944. The number of carbonyl (C=O) groups is 1. The lowest BCUT2D eigenvalue weighted by Gasteiger charge is -2.23. The Kier molecular flexibility index (Phi) is 5.15. The second-order valence-electron chi connectivity index (χ2n) is 6.23. The van der Waals surface area contributed by atoms with Crippen molar-refractivity contribution in [1.29, 1.82) is 0 Å².